The van der Waals surface area contributed by atoms with Gasteiger partial charge >= 0.3 is 0 Å². The zero-order valence-corrected chi connectivity index (χ0v) is 7.73. The number of fused-ring (bicyclic) bond motifs is 1. The van der Waals surface area contributed by atoms with Crippen molar-refractivity contribution in [2.24, 2.45) is 0 Å². The third kappa shape index (κ3) is 1.30. The summed E-state index contributed by atoms with van der Waals surface area (Å²) in [5, 5.41) is 5.34. The van der Waals surface area contributed by atoms with Crippen LogP contribution in [0.25, 0.3) is 0 Å². The first-order valence-corrected chi connectivity index (χ1v) is 5.01. The Kier molecular flexibility index (Phi) is 1.92. The third-order valence-corrected chi connectivity index (χ3v) is 3.31. The van der Waals surface area contributed by atoms with E-state index >= 15 is 0 Å². The van der Waals surface area contributed by atoms with Crippen LogP contribution >= 0.6 is 23.6 Å². The fourth-order valence-electron chi connectivity index (χ4n) is 1.29. The molecule has 1 aromatic heterocycles. The molecule has 0 bridgehead atoms. The number of hydrogen-bond acceptors (Lipinski definition) is 2. The van der Waals surface area contributed by atoms with Crippen LogP contribution in [0.3, 0.4) is 0 Å². The molecule has 1 nitrogen and oxygen atoms in total. The van der Waals surface area contributed by atoms with Crippen molar-refractivity contribution in [2.75, 3.05) is 6.54 Å². The van der Waals surface area contributed by atoms with E-state index in [1.165, 1.54) is 23.3 Å². The van der Waals surface area contributed by atoms with Crippen LogP contribution in [0.1, 0.15) is 16.9 Å². The fourth-order valence-corrected chi connectivity index (χ4v) is 2.54. The molecule has 58 valence electrons. The molecule has 1 aromatic rings. The Hall–Kier alpha value is -0.410. The Bertz CT molecular complexity index is 277. The molecule has 2 heterocycles. The Labute approximate surface area is 75.4 Å². The summed E-state index contributed by atoms with van der Waals surface area (Å²) in [5.74, 6) is 0. The summed E-state index contributed by atoms with van der Waals surface area (Å²) in [6.45, 7) is 1.03. The normalized spacial score (nSPS) is 16.9. The minimum absolute atomic E-state index is 0.938. The van der Waals surface area contributed by atoms with Crippen LogP contribution < -0.4 is 5.32 Å². The van der Waals surface area contributed by atoms with Gasteiger partial charge in [-0.05, 0) is 29.9 Å². The summed E-state index contributed by atoms with van der Waals surface area (Å²) in [7, 11) is 0. The topological polar surface area (TPSA) is 12.0 Å². The largest absolute Gasteiger partial charge is 0.375 e. The summed E-state index contributed by atoms with van der Waals surface area (Å²) in [6, 6.07) is 2.18. The Morgan fingerprint density at radius 1 is 1.55 bits per heavy atom. The van der Waals surface area contributed by atoms with Gasteiger partial charge in [0.2, 0.25) is 0 Å². The van der Waals surface area contributed by atoms with E-state index in [9.17, 15) is 0 Å². The number of nitrogens with one attached hydrogen (secondary N) is 1. The highest BCUT2D eigenvalue weighted by Crippen LogP contribution is 2.20. The predicted octanol–water partition coefficient (Wildman–Crippen LogP) is 1.96. The lowest BCUT2D eigenvalue weighted by molar-refractivity contribution is 0.795. The Balaban J connectivity index is 2.41. The molecule has 1 aliphatic heterocycles. The van der Waals surface area contributed by atoms with E-state index in [1.807, 2.05) is 0 Å². The summed E-state index contributed by atoms with van der Waals surface area (Å²) in [5.41, 5.74) is 1.42. The van der Waals surface area contributed by atoms with Crippen molar-refractivity contribution in [3.8, 4) is 0 Å². The van der Waals surface area contributed by atoms with E-state index in [-0.39, 0.29) is 0 Å². The molecule has 0 unspecified atom stereocenters. The molecule has 11 heavy (non-hydrogen) atoms. The highest BCUT2D eigenvalue weighted by atomic mass is 32.1. The highest BCUT2D eigenvalue weighted by molar-refractivity contribution is 7.81. The van der Waals surface area contributed by atoms with Crippen LogP contribution in [0.15, 0.2) is 11.4 Å². The third-order valence-electron chi connectivity index (χ3n) is 1.86. The van der Waals surface area contributed by atoms with Crippen LogP contribution in [0, 0.1) is 0 Å². The standard InChI is InChI=1S/C8H9NS2/c10-8-7-6(3-5-11-7)2-1-4-9-8/h3,5H,1-2,4H2,(H,9,10). The quantitative estimate of drug-likeness (QED) is 0.617. The zero-order chi connectivity index (χ0) is 7.68. The summed E-state index contributed by atoms with van der Waals surface area (Å²) < 4.78 is 0. The zero-order valence-electron chi connectivity index (χ0n) is 6.09. The van der Waals surface area contributed by atoms with Gasteiger partial charge in [0.25, 0.3) is 0 Å². The van der Waals surface area contributed by atoms with E-state index in [2.05, 4.69) is 16.8 Å². The first kappa shape index (κ1) is 7.25. The van der Waals surface area contributed by atoms with Gasteiger partial charge in [0.05, 0.1) is 4.88 Å². The summed E-state index contributed by atoms with van der Waals surface area (Å²) in [6.07, 6.45) is 2.37. The maximum atomic E-state index is 5.20. The molecule has 2 rings (SSSR count). The van der Waals surface area contributed by atoms with Crippen molar-refractivity contribution >= 4 is 28.5 Å². The molecule has 0 amide bonds. The van der Waals surface area contributed by atoms with Crippen molar-refractivity contribution in [1.29, 1.82) is 0 Å². The van der Waals surface area contributed by atoms with E-state index in [4.69, 9.17) is 12.2 Å². The second-order valence-electron chi connectivity index (χ2n) is 2.63. The van der Waals surface area contributed by atoms with Gasteiger partial charge in [-0.15, -0.1) is 11.3 Å². The van der Waals surface area contributed by atoms with Gasteiger partial charge in [-0.25, -0.2) is 0 Å². The van der Waals surface area contributed by atoms with Crippen molar-refractivity contribution in [3.63, 3.8) is 0 Å². The molecule has 1 aliphatic rings. The van der Waals surface area contributed by atoms with E-state index < -0.39 is 0 Å². The monoisotopic (exact) mass is 183 g/mol. The van der Waals surface area contributed by atoms with Crippen LogP contribution in [0.5, 0.6) is 0 Å². The molecule has 0 fully saturated rings. The number of rotatable bonds is 0. The van der Waals surface area contributed by atoms with Crippen molar-refractivity contribution in [3.05, 3.63) is 21.9 Å². The smallest absolute Gasteiger partial charge is 0.116 e. The average molecular weight is 183 g/mol. The minimum Gasteiger partial charge on any atom is -0.375 e. The van der Waals surface area contributed by atoms with Gasteiger partial charge in [-0.3, -0.25) is 0 Å². The van der Waals surface area contributed by atoms with E-state index in [0.29, 0.717) is 0 Å². The predicted molar refractivity (Wildman–Crippen MR) is 52.3 cm³/mol. The number of thiocarbonyl (C=S) groups is 1. The molecule has 0 spiro atoms. The van der Waals surface area contributed by atoms with Gasteiger partial charge in [0, 0.05) is 6.54 Å². The second kappa shape index (κ2) is 2.91. The fraction of sp³-hybridized carbons (Fsp3) is 0.375. The first-order valence-electron chi connectivity index (χ1n) is 3.72. The molecular weight excluding hydrogens is 174 g/mol. The molecular formula is C8H9NS2. The van der Waals surface area contributed by atoms with Crippen molar-refractivity contribution < 1.29 is 0 Å². The maximum absolute atomic E-state index is 5.20. The number of aryl methyl sites for hydroxylation is 1. The molecule has 0 radical (unpaired) electrons. The van der Waals surface area contributed by atoms with E-state index in [0.717, 1.165) is 11.5 Å². The van der Waals surface area contributed by atoms with Crippen LogP contribution in [0.2, 0.25) is 0 Å². The maximum Gasteiger partial charge on any atom is 0.116 e. The van der Waals surface area contributed by atoms with Crippen molar-refractivity contribution in [2.45, 2.75) is 12.8 Å². The number of thiophene rings is 1. The van der Waals surface area contributed by atoms with Gasteiger partial charge in [-0.1, -0.05) is 12.2 Å². The van der Waals surface area contributed by atoms with Crippen LogP contribution in [0.4, 0.5) is 0 Å². The van der Waals surface area contributed by atoms with Crippen molar-refractivity contribution in [1.82, 2.24) is 5.32 Å². The molecule has 0 atom stereocenters. The van der Waals surface area contributed by atoms with Gasteiger partial charge < -0.3 is 5.32 Å². The number of hydrogen-bond donors (Lipinski definition) is 1. The van der Waals surface area contributed by atoms with Crippen LogP contribution in [-0.2, 0) is 6.42 Å². The minimum atomic E-state index is 0.938. The molecule has 0 saturated heterocycles. The van der Waals surface area contributed by atoms with Gasteiger partial charge in [-0.2, -0.15) is 0 Å². The molecule has 0 aliphatic carbocycles. The molecule has 0 saturated carbocycles. The van der Waals surface area contributed by atoms with Gasteiger partial charge in [0.1, 0.15) is 4.99 Å². The second-order valence-corrected chi connectivity index (χ2v) is 3.96. The van der Waals surface area contributed by atoms with Crippen LogP contribution in [-0.4, -0.2) is 11.5 Å². The SMILES string of the molecule is S=C1NCCCc2ccsc21. The Morgan fingerprint density at radius 2 is 2.45 bits per heavy atom. The lowest BCUT2D eigenvalue weighted by Crippen LogP contribution is -2.20. The average Bonchev–Trinajstić information content (AvgIpc) is 2.40. The molecule has 3 heteroatoms. The summed E-state index contributed by atoms with van der Waals surface area (Å²) in [4.78, 5) is 2.21. The Morgan fingerprint density at radius 3 is 3.36 bits per heavy atom. The van der Waals surface area contributed by atoms with E-state index in [1.54, 1.807) is 11.3 Å². The highest BCUT2D eigenvalue weighted by Gasteiger charge is 2.11. The first-order chi connectivity index (χ1) is 5.38. The molecule has 0 aromatic carbocycles. The summed E-state index contributed by atoms with van der Waals surface area (Å²) >= 11 is 6.94. The van der Waals surface area contributed by atoms with Gasteiger partial charge in [0.15, 0.2) is 0 Å². The molecule has 1 N–H and O–H groups in total. The lowest BCUT2D eigenvalue weighted by Gasteiger charge is -1.99. The lowest BCUT2D eigenvalue weighted by atomic mass is 10.2.